The average molecular weight is 398 g/mol. The number of nitrogens with one attached hydrogen (secondary N) is 1. The number of thioether (sulfide) groups is 1. The molecular weight excluding hydrogens is 378 g/mol. The van der Waals surface area contributed by atoms with Crippen LogP contribution in [-0.4, -0.2) is 16.6 Å². The zero-order valence-corrected chi connectivity index (χ0v) is 16.3. The van der Waals surface area contributed by atoms with Gasteiger partial charge in [-0.25, -0.2) is 4.98 Å². The zero-order chi connectivity index (χ0) is 18.6. The van der Waals surface area contributed by atoms with Crippen molar-refractivity contribution in [2.45, 2.75) is 30.2 Å². The van der Waals surface area contributed by atoms with Gasteiger partial charge in [-0.2, -0.15) is 4.73 Å². The van der Waals surface area contributed by atoms with E-state index >= 15 is 0 Å². The van der Waals surface area contributed by atoms with Crippen LogP contribution in [0, 0.1) is 5.21 Å². The molecule has 3 aromatic rings. The molecule has 0 saturated carbocycles. The van der Waals surface area contributed by atoms with Crippen LogP contribution in [0.1, 0.15) is 28.5 Å². The third kappa shape index (κ3) is 4.31. The highest BCUT2D eigenvalue weighted by atomic mass is 32.2. The predicted molar refractivity (Wildman–Crippen MR) is 108 cm³/mol. The van der Waals surface area contributed by atoms with Crippen LogP contribution < -0.4 is 10.0 Å². The molecule has 0 bridgehead atoms. The number of hydrogen-bond acceptors (Lipinski definition) is 5. The lowest BCUT2D eigenvalue weighted by Crippen LogP contribution is -2.28. The van der Waals surface area contributed by atoms with E-state index in [0.29, 0.717) is 16.1 Å². The van der Waals surface area contributed by atoms with Gasteiger partial charge in [-0.15, -0.1) is 11.3 Å². The number of aryl methyl sites for hydroxylation is 1. The van der Waals surface area contributed by atoms with Gasteiger partial charge in [-0.05, 0) is 48.6 Å². The summed E-state index contributed by atoms with van der Waals surface area (Å²) in [6.45, 7) is 0. The van der Waals surface area contributed by atoms with Crippen molar-refractivity contribution in [3.63, 3.8) is 0 Å². The summed E-state index contributed by atoms with van der Waals surface area (Å²) in [6.07, 6.45) is 4.43. The third-order valence-corrected chi connectivity index (χ3v) is 6.65. The second-order valence-corrected chi connectivity index (χ2v) is 8.52. The van der Waals surface area contributed by atoms with Crippen LogP contribution in [0.2, 0.25) is 0 Å². The molecule has 2 aromatic heterocycles. The maximum absolute atomic E-state index is 12.2. The van der Waals surface area contributed by atoms with Crippen LogP contribution in [0.4, 0.5) is 5.13 Å². The highest BCUT2D eigenvalue weighted by Gasteiger charge is 2.24. The molecule has 7 heteroatoms. The van der Waals surface area contributed by atoms with E-state index in [1.54, 1.807) is 29.5 Å². The number of hydrogen-bond donors (Lipinski definition) is 1. The average Bonchev–Trinajstić information content (AvgIpc) is 3.09. The molecule has 1 aliphatic carbocycles. The number of aromatic nitrogens is 2. The van der Waals surface area contributed by atoms with E-state index in [9.17, 15) is 10.0 Å². The molecule has 27 heavy (non-hydrogen) atoms. The third-order valence-electron chi connectivity index (χ3n) is 4.60. The molecule has 1 aliphatic rings. The van der Waals surface area contributed by atoms with E-state index in [1.807, 2.05) is 6.07 Å². The standard InChI is InChI=1S/C20H19N3O2S2/c24-18(13-26-19-8-4-5-11-23(19)25)22-20-21-16-10-9-15(12-17(16)27-20)14-6-2-1-3-7-14/h1-8,11,15H,9-10,12-13H2,(H,21,22,24)/t15-/m1/s1. The Kier molecular flexibility index (Phi) is 5.40. The van der Waals surface area contributed by atoms with Gasteiger partial charge in [0.15, 0.2) is 11.3 Å². The van der Waals surface area contributed by atoms with Crippen molar-refractivity contribution in [2.24, 2.45) is 0 Å². The molecule has 0 aliphatic heterocycles. The first-order valence-electron chi connectivity index (χ1n) is 8.83. The smallest absolute Gasteiger partial charge is 0.251 e. The molecule has 0 radical (unpaired) electrons. The molecule has 138 valence electrons. The minimum absolute atomic E-state index is 0.144. The Bertz CT molecular complexity index is 943. The molecule has 2 heterocycles. The Balaban J connectivity index is 1.37. The molecule has 1 amide bonds. The van der Waals surface area contributed by atoms with E-state index in [0.717, 1.165) is 29.7 Å². The minimum atomic E-state index is -0.144. The number of carbonyl (C=O) groups is 1. The van der Waals surface area contributed by atoms with Gasteiger partial charge in [-0.3, -0.25) is 4.79 Å². The fourth-order valence-corrected chi connectivity index (χ4v) is 5.08. The van der Waals surface area contributed by atoms with E-state index in [-0.39, 0.29) is 11.7 Å². The first-order valence-corrected chi connectivity index (χ1v) is 10.6. The largest absolute Gasteiger partial charge is 0.618 e. The lowest BCUT2D eigenvalue weighted by atomic mass is 9.85. The Morgan fingerprint density at radius 3 is 2.89 bits per heavy atom. The number of amides is 1. The van der Waals surface area contributed by atoms with Crippen LogP contribution >= 0.6 is 23.1 Å². The lowest BCUT2D eigenvalue weighted by molar-refractivity contribution is -0.645. The molecule has 1 aromatic carbocycles. The van der Waals surface area contributed by atoms with Crippen molar-refractivity contribution in [1.29, 1.82) is 0 Å². The topological polar surface area (TPSA) is 68.9 Å². The Morgan fingerprint density at radius 2 is 2.07 bits per heavy atom. The van der Waals surface area contributed by atoms with Gasteiger partial charge in [0.05, 0.1) is 11.4 Å². The molecule has 0 fully saturated rings. The lowest BCUT2D eigenvalue weighted by Gasteiger charge is -2.21. The quantitative estimate of drug-likeness (QED) is 0.404. The Morgan fingerprint density at radius 1 is 1.26 bits per heavy atom. The maximum Gasteiger partial charge on any atom is 0.251 e. The van der Waals surface area contributed by atoms with Gasteiger partial charge >= 0.3 is 0 Å². The molecule has 0 unspecified atom stereocenters. The molecule has 1 atom stereocenters. The number of carbonyl (C=O) groups excluding carboxylic acids is 1. The summed E-state index contributed by atoms with van der Waals surface area (Å²) in [4.78, 5) is 18.1. The van der Waals surface area contributed by atoms with Crippen LogP contribution in [-0.2, 0) is 17.6 Å². The summed E-state index contributed by atoms with van der Waals surface area (Å²) in [7, 11) is 0. The first kappa shape index (κ1) is 18.0. The second kappa shape index (κ2) is 8.10. The van der Waals surface area contributed by atoms with Gasteiger partial charge in [0.25, 0.3) is 5.03 Å². The normalized spacial score (nSPS) is 15.9. The van der Waals surface area contributed by atoms with Crippen molar-refractivity contribution in [1.82, 2.24) is 4.98 Å². The van der Waals surface area contributed by atoms with Gasteiger partial charge in [0.2, 0.25) is 5.91 Å². The minimum Gasteiger partial charge on any atom is -0.618 e. The summed E-state index contributed by atoms with van der Waals surface area (Å²) >= 11 is 2.79. The molecule has 4 rings (SSSR count). The fourth-order valence-electron chi connectivity index (χ4n) is 3.26. The van der Waals surface area contributed by atoms with Crippen molar-refractivity contribution in [3.8, 4) is 0 Å². The SMILES string of the molecule is O=C(CSc1cccc[n+]1[O-])Nc1nc2c(s1)C[C@H](c1ccccc1)CC2. The number of thiazole rings is 1. The number of anilines is 1. The van der Waals surface area contributed by atoms with E-state index in [1.165, 1.54) is 28.4 Å². The summed E-state index contributed by atoms with van der Waals surface area (Å²) < 4.78 is 0.768. The Hall–Kier alpha value is -2.38. The second-order valence-electron chi connectivity index (χ2n) is 6.44. The van der Waals surface area contributed by atoms with Gasteiger partial charge in [0, 0.05) is 17.0 Å². The summed E-state index contributed by atoms with van der Waals surface area (Å²) in [5.41, 5.74) is 2.47. The van der Waals surface area contributed by atoms with Gasteiger partial charge in [-0.1, -0.05) is 30.3 Å². The highest BCUT2D eigenvalue weighted by Crippen LogP contribution is 2.36. The van der Waals surface area contributed by atoms with Crippen molar-refractivity contribution < 1.29 is 9.52 Å². The van der Waals surface area contributed by atoms with Crippen LogP contribution in [0.25, 0.3) is 0 Å². The fraction of sp³-hybridized carbons (Fsp3) is 0.250. The molecular formula is C20H19N3O2S2. The van der Waals surface area contributed by atoms with Crippen LogP contribution in [0.5, 0.6) is 0 Å². The molecule has 5 nitrogen and oxygen atoms in total. The van der Waals surface area contributed by atoms with E-state index < -0.39 is 0 Å². The number of benzene rings is 1. The zero-order valence-electron chi connectivity index (χ0n) is 14.6. The number of nitrogens with zero attached hydrogens (tertiary/aromatic N) is 2. The maximum atomic E-state index is 12.2. The Labute approximate surface area is 166 Å². The van der Waals surface area contributed by atoms with Crippen molar-refractivity contribution in [3.05, 3.63) is 76.1 Å². The summed E-state index contributed by atoms with van der Waals surface area (Å²) in [5, 5.41) is 15.7. The number of rotatable bonds is 5. The van der Waals surface area contributed by atoms with Crippen LogP contribution in [0.15, 0.2) is 59.8 Å². The molecule has 0 spiro atoms. The van der Waals surface area contributed by atoms with E-state index in [4.69, 9.17) is 0 Å². The number of fused-ring (bicyclic) bond motifs is 1. The number of pyridine rings is 1. The monoisotopic (exact) mass is 397 g/mol. The highest BCUT2D eigenvalue weighted by molar-refractivity contribution is 7.99. The molecule has 0 saturated heterocycles. The van der Waals surface area contributed by atoms with Gasteiger partial charge in [0.1, 0.15) is 0 Å². The van der Waals surface area contributed by atoms with E-state index in [2.05, 4.69) is 34.6 Å². The predicted octanol–water partition coefficient (Wildman–Crippen LogP) is 3.78. The van der Waals surface area contributed by atoms with Crippen molar-refractivity contribution >= 4 is 34.1 Å². The van der Waals surface area contributed by atoms with Crippen LogP contribution in [0.3, 0.4) is 0 Å². The summed E-state index contributed by atoms with van der Waals surface area (Å²) in [6, 6.07) is 15.7. The molecule has 1 N–H and O–H groups in total. The summed E-state index contributed by atoms with van der Waals surface area (Å²) in [5.74, 6) is 0.557. The first-order chi connectivity index (χ1) is 13.2. The van der Waals surface area contributed by atoms with Crippen molar-refractivity contribution in [2.75, 3.05) is 11.1 Å². The van der Waals surface area contributed by atoms with Gasteiger partial charge < -0.3 is 10.5 Å².